The highest BCUT2D eigenvalue weighted by Gasteiger charge is 2.30. The summed E-state index contributed by atoms with van der Waals surface area (Å²) in [7, 11) is 0. The zero-order chi connectivity index (χ0) is 19.5. The summed E-state index contributed by atoms with van der Waals surface area (Å²) < 4.78 is 1.64. The van der Waals surface area contributed by atoms with Crippen molar-refractivity contribution in [1.29, 1.82) is 0 Å². The quantitative estimate of drug-likeness (QED) is 0.825. The van der Waals surface area contributed by atoms with Crippen molar-refractivity contribution in [3.05, 3.63) is 51.9 Å². The monoisotopic (exact) mass is 382 g/mol. The number of hydrogen-bond acceptors (Lipinski definition) is 3. The van der Waals surface area contributed by atoms with Gasteiger partial charge in [0.05, 0.1) is 5.69 Å². The molecule has 1 unspecified atom stereocenters. The van der Waals surface area contributed by atoms with E-state index in [1.807, 2.05) is 35.2 Å². The summed E-state index contributed by atoms with van der Waals surface area (Å²) in [5, 5.41) is 3.29. The lowest BCUT2D eigenvalue weighted by Crippen LogP contribution is -2.50. The van der Waals surface area contributed by atoms with E-state index < -0.39 is 0 Å². The van der Waals surface area contributed by atoms with Gasteiger partial charge in [0.15, 0.2) is 0 Å². The number of hydrogen-bond donors (Lipinski definition) is 1. The molecule has 150 valence electrons. The van der Waals surface area contributed by atoms with Crippen molar-refractivity contribution in [2.45, 2.75) is 39.0 Å². The highest BCUT2D eigenvalue weighted by atomic mass is 16.2. The van der Waals surface area contributed by atoms with E-state index in [4.69, 9.17) is 0 Å². The van der Waals surface area contributed by atoms with E-state index in [1.54, 1.807) is 4.68 Å². The molecule has 4 rings (SSSR count). The molecule has 1 aromatic heterocycles. The number of piperazine rings is 1. The number of aromatic amines is 1. The van der Waals surface area contributed by atoms with Crippen molar-refractivity contribution in [3.8, 4) is 5.69 Å². The Hall–Kier alpha value is -2.34. The van der Waals surface area contributed by atoms with Gasteiger partial charge in [-0.15, -0.1) is 0 Å². The van der Waals surface area contributed by atoms with E-state index in [-0.39, 0.29) is 17.4 Å². The first-order chi connectivity index (χ1) is 13.7. The van der Waals surface area contributed by atoms with Crippen molar-refractivity contribution in [3.63, 3.8) is 0 Å². The summed E-state index contributed by atoms with van der Waals surface area (Å²) in [4.78, 5) is 30.4. The predicted octanol–water partition coefficient (Wildman–Crippen LogP) is 2.21. The van der Waals surface area contributed by atoms with Crippen LogP contribution in [0, 0.1) is 5.92 Å². The number of nitrogens with zero attached hydrogens (tertiary/aromatic N) is 3. The molecule has 1 atom stereocenters. The van der Waals surface area contributed by atoms with E-state index in [9.17, 15) is 9.59 Å². The fraction of sp³-hybridized carbons (Fsp3) is 0.545. The maximum atomic E-state index is 13.0. The lowest BCUT2D eigenvalue weighted by atomic mass is 9.97. The van der Waals surface area contributed by atoms with Crippen LogP contribution in [0.4, 0.5) is 0 Å². The number of rotatable bonds is 4. The number of fused-ring (bicyclic) bond motifs is 1. The van der Waals surface area contributed by atoms with Gasteiger partial charge >= 0.3 is 0 Å². The van der Waals surface area contributed by atoms with Crippen LogP contribution in [-0.4, -0.2) is 58.2 Å². The first kappa shape index (κ1) is 19.0. The topological polar surface area (TPSA) is 61.3 Å². The molecule has 0 radical (unpaired) electrons. The molecule has 2 aromatic rings. The molecule has 1 fully saturated rings. The van der Waals surface area contributed by atoms with Crippen molar-refractivity contribution in [2.75, 3.05) is 32.7 Å². The lowest BCUT2D eigenvalue weighted by molar-refractivity contribution is -0.137. The predicted molar refractivity (Wildman–Crippen MR) is 110 cm³/mol. The number of amides is 1. The van der Waals surface area contributed by atoms with Crippen molar-refractivity contribution >= 4 is 5.91 Å². The molecular formula is C22H30N4O2. The van der Waals surface area contributed by atoms with Gasteiger partial charge in [-0.25, -0.2) is 4.68 Å². The number of carbonyl (C=O) groups is 1. The molecule has 0 spiro atoms. The van der Waals surface area contributed by atoms with Crippen molar-refractivity contribution < 1.29 is 4.79 Å². The Kier molecular flexibility index (Phi) is 5.67. The van der Waals surface area contributed by atoms with Crippen LogP contribution in [0.2, 0.25) is 0 Å². The van der Waals surface area contributed by atoms with Gasteiger partial charge in [-0.05, 0) is 50.8 Å². The molecule has 2 heterocycles. The minimum atomic E-state index is 0.0301. The van der Waals surface area contributed by atoms with E-state index in [0.717, 1.165) is 75.4 Å². The second kappa shape index (κ2) is 8.35. The Morgan fingerprint density at radius 3 is 2.50 bits per heavy atom. The van der Waals surface area contributed by atoms with Crippen LogP contribution in [0.3, 0.4) is 0 Å². The molecule has 1 aliphatic heterocycles. The number of H-pyrrole nitrogens is 1. The molecule has 28 heavy (non-hydrogen) atoms. The smallest absolute Gasteiger partial charge is 0.274 e. The maximum absolute atomic E-state index is 13.0. The van der Waals surface area contributed by atoms with Gasteiger partial charge < -0.3 is 4.90 Å². The molecule has 1 aliphatic carbocycles. The third-order valence-corrected chi connectivity index (χ3v) is 6.15. The van der Waals surface area contributed by atoms with Crippen LogP contribution in [0.15, 0.2) is 35.1 Å². The van der Waals surface area contributed by atoms with Gasteiger partial charge in [0, 0.05) is 43.4 Å². The molecule has 1 aromatic carbocycles. The summed E-state index contributed by atoms with van der Waals surface area (Å²) >= 11 is 0. The first-order valence-corrected chi connectivity index (χ1v) is 10.6. The third-order valence-electron chi connectivity index (χ3n) is 6.15. The standard InChI is InChI=1S/C22H30N4O2/c1-2-12-24-13-15-25(16-14-24)21(27)17-8-10-19-20(11-9-17)23-26(22(19)28)18-6-4-3-5-7-18/h3-7,17,23H,2,8-16H2,1H3. The second-order valence-electron chi connectivity index (χ2n) is 7.99. The normalized spacial score (nSPS) is 20.6. The van der Waals surface area contributed by atoms with E-state index in [1.165, 1.54) is 0 Å². The summed E-state index contributed by atoms with van der Waals surface area (Å²) in [6.45, 7) is 6.94. The average Bonchev–Trinajstić information content (AvgIpc) is 2.90. The Bertz CT molecular complexity index is 862. The Morgan fingerprint density at radius 1 is 1.07 bits per heavy atom. The summed E-state index contributed by atoms with van der Waals surface area (Å²) in [5.41, 5.74) is 2.74. The highest BCUT2D eigenvalue weighted by molar-refractivity contribution is 5.79. The fourth-order valence-electron chi connectivity index (χ4n) is 4.54. The van der Waals surface area contributed by atoms with Gasteiger partial charge in [0.2, 0.25) is 5.91 Å². The number of benzene rings is 1. The van der Waals surface area contributed by atoms with Gasteiger partial charge in [0.1, 0.15) is 0 Å². The lowest BCUT2D eigenvalue weighted by Gasteiger charge is -2.36. The summed E-state index contributed by atoms with van der Waals surface area (Å²) in [6.07, 6.45) is 4.18. The zero-order valence-corrected chi connectivity index (χ0v) is 16.7. The van der Waals surface area contributed by atoms with E-state index in [0.29, 0.717) is 6.42 Å². The first-order valence-electron chi connectivity index (χ1n) is 10.6. The minimum absolute atomic E-state index is 0.0301. The van der Waals surface area contributed by atoms with Crippen LogP contribution < -0.4 is 5.56 Å². The number of nitrogens with one attached hydrogen (secondary N) is 1. The molecule has 2 aliphatic rings. The van der Waals surface area contributed by atoms with Crippen LogP contribution in [-0.2, 0) is 17.6 Å². The largest absolute Gasteiger partial charge is 0.340 e. The molecule has 6 heteroatoms. The Labute approximate surface area is 166 Å². The zero-order valence-electron chi connectivity index (χ0n) is 16.7. The summed E-state index contributed by atoms with van der Waals surface area (Å²) in [5.74, 6) is 0.313. The summed E-state index contributed by atoms with van der Waals surface area (Å²) in [6, 6.07) is 9.68. The second-order valence-corrected chi connectivity index (χ2v) is 7.99. The number of para-hydroxylation sites is 1. The van der Waals surface area contributed by atoms with Gasteiger partial charge in [0.25, 0.3) is 5.56 Å². The van der Waals surface area contributed by atoms with Gasteiger partial charge in [-0.2, -0.15) is 0 Å². The SMILES string of the molecule is CCCN1CCN(C(=O)C2CCc3[nH]n(-c4ccccc4)c(=O)c3CC2)CC1. The molecule has 0 saturated carbocycles. The maximum Gasteiger partial charge on any atom is 0.274 e. The molecule has 0 bridgehead atoms. The van der Waals surface area contributed by atoms with E-state index in [2.05, 4.69) is 16.9 Å². The molecule has 1 saturated heterocycles. The van der Waals surface area contributed by atoms with Crippen molar-refractivity contribution in [2.24, 2.45) is 5.92 Å². The third kappa shape index (κ3) is 3.78. The Balaban J connectivity index is 1.42. The number of aryl methyl sites for hydroxylation is 1. The van der Waals surface area contributed by atoms with Crippen LogP contribution in [0.25, 0.3) is 5.69 Å². The van der Waals surface area contributed by atoms with Crippen molar-refractivity contribution in [1.82, 2.24) is 19.6 Å². The molecule has 1 N–H and O–H groups in total. The van der Waals surface area contributed by atoms with Gasteiger partial charge in [-0.3, -0.25) is 19.6 Å². The highest BCUT2D eigenvalue weighted by Crippen LogP contribution is 2.24. The van der Waals surface area contributed by atoms with Crippen LogP contribution in [0.1, 0.15) is 37.4 Å². The fourth-order valence-corrected chi connectivity index (χ4v) is 4.54. The number of aromatic nitrogens is 2. The van der Waals surface area contributed by atoms with Gasteiger partial charge in [-0.1, -0.05) is 25.1 Å². The Morgan fingerprint density at radius 2 is 1.79 bits per heavy atom. The van der Waals surface area contributed by atoms with E-state index >= 15 is 0 Å². The molecule has 1 amide bonds. The molecule has 6 nitrogen and oxygen atoms in total. The average molecular weight is 383 g/mol. The van der Waals surface area contributed by atoms with Crippen LogP contribution >= 0.6 is 0 Å². The minimum Gasteiger partial charge on any atom is -0.340 e. The molecular weight excluding hydrogens is 352 g/mol. The van der Waals surface area contributed by atoms with Crippen LogP contribution in [0.5, 0.6) is 0 Å². The number of carbonyl (C=O) groups excluding carboxylic acids is 1.